The quantitative estimate of drug-likeness (QED) is 0.591. The monoisotopic (exact) mass is 403 g/mol. The normalized spacial score (nSPS) is 13.4. The van der Waals surface area contributed by atoms with Crippen LogP contribution in [0.1, 0.15) is 5.56 Å². The van der Waals surface area contributed by atoms with Crippen LogP contribution in [0.2, 0.25) is 0 Å². The molecule has 128 valence electrons. The fourth-order valence-electron chi connectivity index (χ4n) is 2.96. The summed E-state index contributed by atoms with van der Waals surface area (Å²) in [6, 6.07) is 29.4. The highest BCUT2D eigenvalue weighted by Gasteiger charge is 2.13. The number of rotatable bonds is 4. The van der Waals surface area contributed by atoms with Crippen LogP contribution in [0.15, 0.2) is 96.1 Å². The highest BCUT2D eigenvalue weighted by molar-refractivity contribution is 9.18. The average Bonchev–Trinajstić information content (AvgIpc) is 2.71. The van der Waals surface area contributed by atoms with Crippen molar-refractivity contribution in [3.8, 4) is 0 Å². The SMILES string of the molecule is BrC1=NC=C(c2ccc(N(c3ccccc3)c3ccccc3)cc2)NC1. The van der Waals surface area contributed by atoms with Crippen LogP contribution in [-0.4, -0.2) is 11.2 Å². The van der Waals surface area contributed by atoms with Gasteiger partial charge in [-0.15, -0.1) is 0 Å². The van der Waals surface area contributed by atoms with Crippen molar-refractivity contribution >= 4 is 43.3 Å². The summed E-state index contributed by atoms with van der Waals surface area (Å²) in [5.41, 5.74) is 5.54. The van der Waals surface area contributed by atoms with E-state index in [1.54, 1.807) is 0 Å². The van der Waals surface area contributed by atoms with Crippen molar-refractivity contribution in [2.75, 3.05) is 11.4 Å². The number of anilines is 3. The Morgan fingerprint density at radius 2 is 1.27 bits per heavy atom. The number of hydrogen-bond acceptors (Lipinski definition) is 3. The van der Waals surface area contributed by atoms with E-state index in [1.165, 1.54) is 0 Å². The van der Waals surface area contributed by atoms with Crippen LogP contribution in [-0.2, 0) is 0 Å². The van der Waals surface area contributed by atoms with E-state index in [2.05, 4.69) is 104 Å². The second-order valence-electron chi connectivity index (χ2n) is 5.96. The molecule has 26 heavy (non-hydrogen) atoms. The third-order valence-electron chi connectivity index (χ3n) is 4.22. The van der Waals surface area contributed by atoms with Crippen LogP contribution < -0.4 is 10.2 Å². The molecule has 0 amide bonds. The number of nitrogens with zero attached hydrogens (tertiary/aromatic N) is 2. The third kappa shape index (κ3) is 3.55. The van der Waals surface area contributed by atoms with Crippen molar-refractivity contribution in [1.29, 1.82) is 0 Å². The van der Waals surface area contributed by atoms with Crippen LogP contribution in [0.3, 0.4) is 0 Å². The Morgan fingerprint density at radius 1 is 0.731 bits per heavy atom. The third-order valence-corrected chi connectivity index (χ3v) is 4.71. The minimum absolute atomic E-state index is 0.716. The molecule has 0 saturated carbocycles. The second kappa shape index (κ2) is 7.58. The van der Waals surface area contributed by atoms with Gasteiger partial charge in [0.1, 0.15) is 4.62 Å². The number of hydrogen-bond donors (Lipinski definition) is 1. The molecule has 3 nitrogen and oxygen atoms in total. The van der Waals surface area contributed by atoms with Crippen LogP contribution in [0.25, 0.3) is 5.70 Å². The molecule has 0 aliphatic carbocycles. The van der Waals surface area contributed by atoms with Gasteiger partial charge in [-0.25, -0.2) is 4.99 Å². The number of halogens is 1. The molecule has 0 bridgehead atoms. The van der Waals surface area contributed by atoms with E-state index in [0.717, 1.165) is 32.9 Å². The van der Waals surface area contributed by atoms with Gasteiger partial charge in [-0.3, -0.25) is 0 Å². The summed E-state index contributed by atoms with van der Waals surface area (Å²) in [5, 5.41) is 3.37. The highest BCUT2D eigenvalue weighted by Crippen LogP contribution is 2.34. The lowest BCUT2D eigenvalue weighted by molar-refractivity contribution is 1.03. The Morgan fingerprint density at radius 3 is 1.77 bits per heavy atom. The van der Waals surface area contributed by atoms with Crippen molar-refractivity contribution in [2.45, 2.75) is 0 Å². The van der Waals surface area contributed by atoms with Gasteiger partial charge in [0.25, 0.3) is 0 Å². The molecule has 0 saturated heterocycles. The van der Waals surface area contributed by atoms with Crippen molar-refractivity contribution in [2.24, 2.45) is 4.99 Å². The maximum atomic E-state index is 4.34. The van der Waals surface area contributed by atoms with Gasteiger partial charge in [-0.1, -0.05) is 48.5 Å². The Labute approximate surface area is 161 Å². The first kappa shape index (κ1) is 16.6. The zero-order valence-electron chi connectivity index (χ0n) is 14.1. The molecule has 0 spiro atoms. The Hall–Kier alpha value is -2.85. The van der Waals surface area contributed by atoms with Gasteiger partial charge >= 0.3 is 0 Å². The maximum absolute atomic E-state index is 4.34. The van der Waals surface area contributed by atoms with Gasteiger partial charge in [0, 0.05) is 17.1 Å². The Balaban J connectivity index is 1.71. The standard InChI is InChI=1S/C22H18BrN3/c23-22-16-24-21(15-25-22)17-11-13-20(14-12-17)26(18-7-3-1-4-8-18)19-9-5-2-6-10-19/h1-15,24H,16H2. The van der Waals surface area contributed by atoms with E-state index >= 15 is 0 Å². The van der Waals surface area contributed by atoms with E-state index in [-0.39, 0.29) is 0 Å². The second-order valence-corrected chi connectivity index (χ2v) is 6.87. The summed E-state index contributed by atoms with van der Waals surface area (Å²) in [7, 11) is 0. The van der Waals surface area contributed by atoms with Gasteiger partial charge in [0.2, 0.25) is 0 Å². The van der Waals surface area contributed by atoms with E-state index in [0.29, 0.717) is 6.54 Å². The molecule has 4 rings (SSSR count). The zero-order valence-corrected chi connectivity index (χ0v) is 15.7. The summed E-state index contributed by atoms with van der Waals surface area (Å²) in [4.78, 5) is 6.59. The van der Waals surface area contributed by atoms with Gasteiger partial charge in [0.05, 0.1) is 18.4 Å². The lowest BCUT2D eigenvalue weighted by atomic mass is 10.1. The van der Waals surface area contributed by atoms with E-state index in [4.69, 9.17) is 0 Å². The van der Waals surface area contributed by atoms with Gasteiger partial charge < -0.3 is 10.2 Å². The zero-order chi connectivity index (χ0) is 17.8. The van der Waals surface area contributed by atoms with Crippen LogP contribution in [0.5, 0.6) is 0 Å². The van der Waals surface area contributed by atoms with Crippen molar-refractivity contribution < 1.29 is 0 Å². The smallest absolute Gasteiger partial charge is 0.102 e. The van der Waals surface area contributed by atoms with E-state index < -0.39 is 0 Å². The van der Waals surface area contributed by atoms with E-state index in [1.807, 2.05) is 18.3 Å². The molecule has 1 aliphatic heterocycles. The summed E-state index contributed by atoms with van der Waals surface area (Å²) in [6.07, 6.45) is 1.86. The average molecular weight is 404 g/mol. The highest BCUT2D eigenvalue weighted by atomic mass is 79.9. The van der Waals surface area contributed by atoms with E-state index in [9.17, 15) is 0 Å². The van der Waals surface area contributed by atoms with Crippen molar-refractivity contribution in [1.82, 2.24) is 5.32 Å². The first-order chi connectivity index (χ1) is 12.8. The molecule has 0 fully saturated rings. The number of aliphatic imine (C=N–C) groups is 1. The fourth-order valence-corrected chi connectivity index (χ4v) is 3.20. The lowest BCUT2D eigenvalue weighted by Crippen LogP contribution is -2.21. The first-order valence-corrected chi connectivity index (χ1v) is 9.27. The first-order valence-electron chi connectivity index (χ1n) is 8.48. The van der Waals surface area contributed by atoms with Crippen molar-refractivity contribution in [3.05, 3.63) is 96.7 Å². The van der Waals surface area contributed by atoms with Crippen molar-refractivity contribution in [3.63, 3.8) is 0 Å². The predicted molar refractivity (Wildman–Crippen MR) is 113 cm³/mol. The lowest BCUT2D eigenvalue weighted by Gasteiger charge is -2.25. The number of benzene rings is 3. The number of nitrogens with one attached hydrogen (secondary N) is 1. The molecule has 0 atom stereocenters. The Bertz CT molecular complexity index is 893. The topological polar surface area (TPSA) is 27.6 Å². The summed E-state index contributed by atoms with van der Waals surface area (Å²) in [5.74, 6) is 0. The molecule has 3 aromatic carbocycles. The molecule has 1 N–H and O–H groups in total. The maximum Gasteiger partial charge on any atom is 0.102 e. The minimum Gasteiger partial charge on any atom is -0.377 e. The largest absolute Gasteiger partial charge is 0.377 e. The molecule has 4 heteroatoms. The minimum atomic E-state index is 0.716. The van der Waals surface area contributed by atoms with Gasteiger partial charge in [-0.2, -0.15) is 0 Å². The molecular weight excluding hydrogens is 386 g/mol. The van der Waals surface area contributed by atoms with Crippen LogP contribution in [0.4, 0.5) is 17.1 Å². The predicted octanol–water partition coefficient (Wildman–Crippen LogP) is 5.85. The van der Waals surface area contributed by atoms with Gasteiger partial charge in [-0.05, 0) is 57.9 Å². The summed E-state index contributed by atoms with van der Waals surface area (Å²) < 4.78 is 0.914. The summed E-state index contributed by atoms with van der Waals surface area (Å²) in [6.45, 7) is 0.716. The van der Waals surface area contributed by atoms with Crippen LogP contribution >= 0.6 is 15.9 Å². The summed E-state index contributed by atoms with van der Waals surface area (Å²) >= 11 is 3.41. The molecule has 0 unspecified atom stereocenters. The molecule has 0 aromatic heterocycles. The molecule has 3 aromatic rings. The molecular formula is C22H18BrN3. The molecule has 1 heterocycles. The number of para-hydroxylation sites is 2. The molecule has 1 aliphatic rings. The Kier molecular flexibility index (Phi) is 4.84. The van der Waals surface area contributed by atoms with Crippen LogP contribution in [0, 0.1) is 0 Å². The van der Waals surface area contributed by atoms with Gasteiger partial charge in [0.15, 0.2) is 0 Å². The fraction of sp³-hybridized carbons (Fsp3) is 0.0455. The molecule has 0 radical (unpaired) electrons.